The molecule has 0 aromatic heterocycles. The summed E-state index contributed by atoms with van der Waals surface area (Å²) in [5.74, 6) is -2.07. The van der Waals surface area contributed by atoms with Gasteiger partial charge in [-0.2, -0.15) is 13.2 Å². The van der Waals surface area contributed by atoms with E-state index in [0.29, 0.717) is 0 Å². The Morgan fingerprint density at radius 2 is 1.83 bits per heavy atom. The third kappa shape index (κ3) is 4.95. The molecule has 7 heteroatoms. The molecule has 0 unspecified atom stereocenters. The van der Waals surface area contributed by atoms with E-state index in [-0.39, 0.29) is 6.42 Å². The topological polar surface area (TPSA) is 46.2 Å². The van der Waals surface area contributed by atoms with Crippen molar-refractivity contribution in [2.75, 3.05) is 6.54 Å². The molecule has 1 amide bonds. The van der Waals surface area contributed by atoms with Crippen LogP contribution < -0.4 is 5.32 Å². The maximum atomic E-state index is 11.4. The normalized spacial score (nSPS) is 11.0. The molecule has 0 aliphatic carbocycles. The Kier molecular flexibility index (Phi) is 4.02. The molecule has 0 radical (unpaired) electrons. The first kappa shape index (κ1) is 11.2. The number of rotatable bonds is 3. The second-order valence-corrected chi connectivity index (χ2v) is 2.28. The fourth-order valence-corrected chi connectivity index (χ4v) is 0.469. The number of alkyl halides is 3. The molecule has 0 saturated heterocycles. The van der Waals surface area contributed by atoms with Gasteiger partial charge in [0.15, 0.2) is 0 Å². The summed E-state index contributed by atoms with van der Waals surface area (Å²) in [7, 11) is 0. The lowest BCUT2D eigenvalue weighted by Gasteiger charge is -2.05. The predicted octanol–water partition coefficient (Wildman–Crippen LogP) is 0.820. The minimum absolute atomic E-state index is 0.316. The Balaban J connectivity index is 3.66. The Hall–Kier alpha value is -0.780. The average molecular weight is 204 g/mol. The largest absolute Gasteiger partial charge is 0.471 e. The summed E-state index contributed by atoms with van der Waals surface area (Å²) in [4.78, 5) is 20.1. The molecule has 0 aliphatic heterocycles. The van der Waals surface area contributed by atoms with Crippen molar-refractivity contribution in [3.63, 3.8) is 0 Å². The molecule has 0 heterocycles. The summed E-state index contributed by atoms with van der Waals surface area (Å²) >= 11 is 4.80. The molecule has 0 fully saturated rings. The van der Waals surface area contributed by atoms with Gasteiger partial charge in [-0.05, 0) is 11.6 Å². The smallest absolute Gasteiger partial charge is 0.348 e. The van der Waals surface area contributed by atoms with Crippen molar-refractivity contribution in [2.24, 2.45) is 0 Å². The highest BCUT2D eigenvalue weighted by Crippen LogP contribution is 2.13. The van der Waals surface area contributed by atoms with Crippen molar-refractivity contribution in [3.05, 3.63) is 0 Å². The lowest BCUT2D eigenvalue weighted by molar-refractivity contribution is -0.173. The highest BCUT2D eigenvalue weighted by Gasteiger charge is 2.38. The molecular formula is C5H5ClF3NO2. The number of carbonyl (C=O) groups is 2. The highest BCUT2D eigenvalue weighted by molar-refractivity contribution is 6.63. The van der Waals surface area contributed by atoms with Gasteiger partial charge in [0, 0.05) is 13.0 Å². The van der Waals surface area contributed by atoms with Crippen LogP contribution in [-0.4, -0.2) is 23.9 Å². The number of hydrogen-bond donors (Lipinski definition) is 1. The van der Waals surface area contributed by atoms with Crippen molar-refractivity contribution in [1.82, 2.24) is 5.32 Å². The van der Waals surface area contributed by atoms with Crippen molar-refractivity contribution in [3.8, 4) is 0 Å². The number of nitrogens with one attached hydrogen (secondary N) is 1. The summed E-state index contributed by atoms with van der Waals surface area (Å²) in [6, 6.07) is 0. The quantitative estimate of drug-likeness (QED) is 0.691. The second-order valence-electron chi connectivity index (χ2n) is 1.86. The third-order valence-corrected chi connectivity index (χ3v) is 1.05. The monoisotopic (exact) mass is 203 g/mol. The molecule has 0 rings (SSSR count). The molecule has 3 nitrogen and oxygen atoms in total. The molecule has 0 aromatic rings. The number of carbonyl (C=O) groups excluding carboxylic acids is 2. The minimum atomic E-state index is -4.91. The van der Waals surface area contributed by atoms with E-state index in [4.69, 9.17) is 11.6 Å². The van der Waals surface area contributed by atoms with Crippen LogP contribution in [0.25, 0.3) is 0 Å². The van der Waals surface area contributed by atoms with Crippen molar-refractivity contribution >= 4 is 22.8 Å². The predicted molar refractivity (Wildman–Crippen MR) is 34.5 cm³/mol. The molecule has 0 spiro atoms. The fourth-order valence-electron chi connectivity index (χ4n) is 0.375. The van der Waals surface area contributed by atoms with Crippen molar-refractivity contribution in [1.29, 1.82) is 0 Å². The van der Waals surface area contributed by atoms with Gasteiger partial charge in [0.1, 0.15) is 0 Å². The number of amides is 1. The summed E-state index contributed by atoms with van der Waals surface area (Å²) < 4.78 is 34.3. The van der Waals surface area contributed by atoms with Gasteiger partial charge in [0.25, 0.3) is 0 Å². The second kappa shape index (κ2) is 4.30. The van der Waals surface area contributed by atoms with Crippen LogP contribution in [0.5, 0.6) is 0 Å². The molecular weight excluding hydrogens is 199 g/mol. The van der Waals surface area contributed by atoms with E-state index in [1.165, 1.54) is 5.32 Å². The van der Waals surface area contributed by atoms with Crippen molar-refractivity contribution < 1.29 is 22.8 Å². The summed E-state index contributed by atoms with van der Waals surface area (Å²) in [5, 5.41) is 0.691. The van der Waals surface area contributed by atoms with Gasteiger partial charge in [-0.25, -0.2) is 0 Å². The molecule has 1 N–H and O–H groups in total. The van der Waals surface area contributed by atoms with Crippen LogP contribution in [0.3, 0.4) is 0 Å². The van der Waals surface area contributed by atoms with Crippen LogP contribution in [0, 0.1) is 0 Å². The van der Waals surface area contributed by atoms with Gasteiger partial charge in [-0.3, -0.25) is 9.59 Å². The van der Waals surface area contributed by atoms with Gasteiger partial charge >= 0.3 is 12.1 Å². The van der Waals surface area contributed by atoms with E-state index in [1.54, 1.807) is 0 Å². The van der Waals surface area contributed by atoms with Crippen LogP contribution in [0.15, 0.2) is 0 Å². The van der Waals surface area contributed by atoms with E-state index in [0.717, 1.165) is 0 Å². The van der Waals surface area contributed by atoms with Crippen LogP contribution in [0.2, 0.25) is 0 Å². The first-order valence-electron chi connectivity index (χ1n) is 2.87. The highest BCUT2D eigenvalue weighted by atomic mass is 35.5. The van der Waals surface area contributed by atoms with Gasteiger partial charge in [-0.15, -0.1) is 0 Å². The van der Waals surface area contributed by atoms with E-state index >= 15 is 0 Å². The summed E-state index contributed by atoms with van der Waals surface area (Å²) in [5.41, 5.74) is 0. The first-order valence-corrected chi connectivity index (χ1v) is 3.25. The number of halogens is 4. The molecule has 0 aromatic carbocycles. The third-order valence-electron chi connectivity index (χ3n) is 0.865. The molecule has 0 aliphatic rings. The lowest BCUT2D eigenvalue weighted by Crippen LogP contribution is -2.37. The van der Waals surface area contributed by atoms with Crippen LogP contribution >= 0.6 is 11.6 Å². The summed E-state index contributed by atoms with van der Waals surface area (Å²) in [6.07, 6.45) is -5.22. The Morgan fingerprint density at radius 1 is 1.33 bits per heavy atom. The molecule has 0 atom stereocenters. The molecule has 12 heavy (non-hydrogen) atoms. The standard InChI is InChI=1S/C5H5ClF3NO2/c6-3(11)1-2-10-4(12)5(7,8)9/h1-2H2,(H,10,12). The van der Waals surface area contributed by atoms with Crippen LogP contribution in [-0.2, 0) is 9.59 Å². The van der Waals surface area contributed by atoms with E-state index in [9.17, 15) is 22.8 Å². The van der Waals surface area contributed by atoms with E-state index in [2.05, 4.69) is 0 Å². The Labute approximate surface area is 70.9 Å². The minimum Gasteiger partial charge on any atom is -0.348 e. The van der Waals surface area contributed by atoms with Gasteiger partial charge in [0.05, 0.1) is 0 Å². The Bertz CT molecular complexity index is 192. The summed E-state index contributed by atoms with van der Waals surface area (Å²) in [6.45, 7) is -0.402. The zero-order valence-corrected chi connectivity index (χ0v) is 6.50. The lowest BCUT2D eigenvalue weighted by atomic mass is 10.4. The van der Waals surface area contributed by atoms with Crippen LogP contribution in [0.1, 0.15) is 6.42 Å². The molecule has 0 saturated carbocycles. The zero-order valence-electron chi connectivity index (χ0n) is 5.74. The molecule has 70 valence electrons. The average Bonchev–Trinajstić information content (AvgIpc) is 1.84. The first-order chi connectivity index (χ1) is 5.34. The number of hydrogen-bond acceptors (Lipinski definition) is 2. The van der Waals surface area contributed by atoms with E-state index < -0.39 is 23.9 Å². The van der Waals surface area contributed by atoms with Gasteiger partial charge in [0.2, 0.25) is 5.24 Å². The van der Waals surface area contributed by atoms with Gasteiger partial charge < -0.3 is 5.32 Å². The maximum absolute atomic E-state index is 11.4. The Morgan fingerprint density at radius 3 is 2.17 bits per heavy atom. The van der Waals surface area contributed by atoms with Gasteiger partial charge in [-0.1, -0.05) is 0 Å². The molecule has 0 bridgehead atoms. The van der Waals surface area contributed by atoms with Crippen LogP contribution in [0.4, 0.5) is 13.2 Å². The maximum Gasteiger partial charge on any atom is 0.471 e. The van der Waals surface area contributed by atoms with Crippen molar-refractivity contribution in [2.45, 2.75) is 12.6 Å². The zero-order chi connectivity index (χ0) is 9.78. The van der Waals surface area contributed by atoms with E-state index in [1.807, 2.05) is 0 Å². The SMILES string of the molecule is O=C(Cl)CCNC(=O)C(F)(F)F. The fraction of sp³-hybridized carbons (Fsp3) is 0.600.